The molecule has 0 aromatic carbocycles. The standard InChI is InChI=1S/C4H4N4O4/c9-3(10)1-2(4(11)12)6-8-7-5-1/h3,9-10H,(H,11,12). The van der Waals surface area contributed by atoms with Crippen LogP contribution in [0, 0.1) is 0 Å². The fourth-order valence-electron chi connectivity index (χ4n) is 0.558. The predicted molar refractivity (Wildman–Crippen MR) is 31.8 cm³/mol. The molecule has 1 heterocycles. The van der Waals surface area contributed by atoms with Crippen LogP contribution >= 0.6 is 0 Å². The fraction of sp³-hybridized carbons (Fsp3) is 0.250. The number of aliphatic hydroxyl groups is 2. The van der Waals surface area contributed by atoms with Crippen LogP contribution in [0.3, 0.4) is 0 Å². The van der Waals surface area contributed by atoms with Crippen LogP contribution in [-0.2, 0) is 0 Å². The summed E-state index contributed by atoms with van der Waals surface area (Å²) in [6.45, 7) is 0. The Morgan fingerprint density at radius 2 is 1.83 bits per heavy atom. The van der Waals surface area contributed by atoms with Gasteiger partial charge in [-0.2, -0.15) is 0 Å². The van der Waals surface area contributed by atoms with E-state index < -0.39 is 23.6 Å². The molecule has 64 valence electrons. The van der Waals surface area contributed by atoms with E-state index in [-0.39, 0.29) is 0 Å². The van der Waals surface area contributed by atoms with Gasteiger partial charge < -0.3 is 15.3 Å². The molecule has 0 spiro atoms. The first kappa shape index (κ1) is 8.43. The number of carboxylic acid groups (broad SMARTS) is 1. The van der Waals surface area contributed by atoms with E-state index in [9.17, 15) is 4.79 Å². The van der Waals surface area contributed by atoms with Crippen LogP contribution in [0.4, 0.5) is 0 Å². The molecule has 0 saturated heterocycles. The van der Waals surface area contributed by atoms with Gasteiger partial charge in [-0.3, -0.25) is 0 Å². The van der Waals surface area contributed by atoms with Crippen LogP contribution in [0.25, 0.3) is 0 Å². The Balaban J connectivity index is 3.17. The largest absolute Gasteiger partial charge is 0.476 e. The highest BCUT2D eigenvalue weighted by Crippen LogP contribution is 2.07. The zero-order valence-corrected chi connectivity index (χ0v) is 5.62. The third kappa shape index (κ3) is 1.49. The molecule has 12 heavy (non-hydrogen) atoms. The average molecular weight is 172 g/mol. The summed E-state index contributed by atoms with van der Waals surface area (Å²) in [5.41, 5.74) is -1.16. The minimum absolute atomic E-state index is 0.530. The van der Waals surface area contributed by atoms with Crippen molar-refractivity contribution < 1.29 is 20.1 Å². The first-order chi connectivity index (χ1) is 5.63. The van der Waals surface area contributed by atoms with Crippen LogP contribution in [-0.4, -0.2) is 41.9 Å². The second-order valence-electron chi connectivity index (χ2n) is 1.79. The van der Waals surface area contributed by atoms with E-state index in [0.717, 1.165) is 0 Å². The zero-order valence-electron chi connectivity index (χ0n) is 5.62. The number of carboxylic acids is 1. The minimum Gasteiger partial charge on any atom is -0.476 e. The molecule has 0 atom stereocenters. The van der Waals surface area contributed by atoms with E-state index in [2.05, 4.69) is 20.6 Å². The number of aromatic carboxylic acids is 1. The summed E-state index contributed by atoms with van der Waals surface area (Å²) >= 11 is 0. The first-order valence-corrected chi connectivity index (χ1v) is 2.78. The monoisotopic (exact) mass is 172 g/mol. The van der Waals surface area contributed by atoms with Gasteiger partial charge in [-0.1, -0.05) is 0 Å². The van der Waals surface area contributed by atoms with Gasteiger partial charge in [-0.05, 0) is 10.4 Å². The lowest BCUT2D eigenvalue weighted by Gasteiger charge is -2.01. The summed E-state index contributed by atoms with van der Waals surface area (Å²) in [7, 11) is 0. The van der Waals surface area contributed by atoms with Crippen molar-refractivity contribution in [1.29, 1.82) is 0 Å². The highest BCUT2D eigenvalue weighted by atomic mass is 16.5. The summed E-state index contributed by atoms with van der Waals surface area (Å²) in [5.74, 6) is -1.44. The fourth-order valence-corrected chi connectivity index (χ4v) is 0.558. The van der Waals surface area contributed by atoms with Crippen molar-refractivity contribution in [1.82, 2.24) is 20.6 Å². The first-order valence-electron chi connectivity index (χ1n) is 2.78. The minimum atomic E-state index is -2.01. The molecule has 0 aliphatic carbocycles. The Kier molecular flexibility index (Phi) is 2.21. The molecule has 0 aliphatic rings. The molecule has 8 nitrogen and oxygen atoms in total. The number of rotatable bonds is 2. The predicted octanol–water partition coefficient (Wildman–Crippen LogP) is -2.05. The van der Waals surface area contributed by atoms with E-state index in [1.54, 1.807) is 0 Å². The molecule has 1 aromatic rings. The second-order valence-corrected chi connectivity index (χ2v) is 1.79. The molecule has 1 aromatic heterocycles. The van der Waals surface area contributed by atoms with Crippen molar-refractivity contribution >= 4 is 5.97 Å². The maximum atomic E-state index is 10.3. The van der Waals surface area contributed by atoms with Crippen LogP contribution < -0.4 is 0 Å². The Hall–Kier alpha value is -1.67. The van der Waals surface area contributed by atoms with Gasteiger partial charge in [0.1, 0.15) is 0 Å². The summed E-state index contributed by atoms with van der Waals surface area (Å²) in [4.78, 5) is 10.3. The summed E-state index contributed by atoms with van der Waals surface area (Å²) in [6, 6.07) is 0. The Morgan fingerprint density at radius 1 is 1.25 bits per heavy atom. The second kappa shape index (κ2) is 3.15. The van der Waals surface area contributed by atoms with Crippen molar-refractivity contribution in [3.63, 3.8) is 0 Å². The van der Waals surface area contributed by atoms with Crippen molar-refractivity contribution in [3.05, 3.63) is 11.4 Å². The Bertz CT molecular complexity index is 301. The molecule has 0 bridgehead atoms. The van der Waals surface area contributed by atoms with E-state index in [1.165, 1.54) is 0 Å². The van der Waals surface area contributed by atoms with Gasteiger partial charge in [0.15, 0.2) is 5.69 Å². The van der Waals surface area contributed by atoms with Gasteiger partial charge in [0.25, 0.3) is 0 Å². The van der Waals surface area contributed by atoms with Crippen molar-refractivity contribution in [2.45, 2.75) is 6.29 Å². The van der Waals surface area contributed by atoms with Gasteiger partial charge in [0.2, 0.25) is 12.0 Å². The topological polar surface area (TPSA) is 129 Å². The van der Waals surface area contributed by atoms with E-state index in [1.807, 2.05) is 0 Å². The summed E-state index contributed by atoms with van der Waals surface area (Å²) < 4.78 is 0. The van der Waals surface area contributed by atoms with Crippen molar-refractivity contribution in [2.75, 3.05) is 0 Å². The lowest BCUT2D eigenvalue weighted by atomic mass is 10.3. The van der Waals surface area contributed by atoms with E-state index in [0.29, 0.717) is 0 Å². The number of nitrogens with zero attached hydrogens (tertiary/aromatic N) is 4. The number of carbonyl (C=O) groups is 1. The molecule has 0 radical (unpaired) electrons. The lowest BCUT2D eigenvalue weighted by Crippen LogP contribution is -2.14. The molecule has 1 rings (SSSR count). The zero-order chi connectivity index (χ0) is 9.14. The van der Waals surface area contributed by atoms with Crippen LogP contribution in [0.5, 0.6) is 0 Å². The average Bonchev–Trinajstić information content (AvgIpc) is 2.04. The molecule has 0 fully saturated rings. The van der Waals surface area contributed by atoms with Crippen molar-refractivity contribution in [2.24, 2.45) is 0 Å². The molecular weight excluding hydrogens is 168 g/mol. The van der Waals surface area contributed by atoms with E-state index >= 15 is 0 Å². The third-order valence-corrected chi connectivity index (χ3v) is 1.03. The Labute approximate surface area is 65.5 Å². The number of hydrogen-bond donors (Lipinski definition) is 3. The molecule has 0 unspecified atom stereocenters. The summed E-state index contributed by atoms with van der Waals surface area (Å²) in [6.07, 6.45) is -2.01. The van der Waals surface area contributed by atoms with Gasteiger partial charge in [0.05, 0.1) is 0 Å². The number of aromatic nitrogens is 4. The van der Waals surface area contributed by atoms with E-state index in [4.69, 9.17) is 15.3 Å². The van der Waals surface area contributed by atoms with Gasteiger partial charge in [-0.15, -0.1) is 10.2 Å². The SMILES string of the molecule is O=C(O)c1nnnnc1C(O)O. The van der Waals surface area contributed by atoms with Gasteiger partial charge in [-0.25, -0.2) is 4.79 Å². The molecule has 0 amide bonds. The molecule has 8 heteroatoms. The molecular formula is C4H4N4O4. The number of aliphatic hydroxyl groups excluding tert-OH is 1. The van der Waals surface area contributed by atoms with Crippen molar-refractivity contribution in [3.8, 4) is 0 Å². The molecule has 3 N–H and O–H groups in total. The quantitative estimate of drug-likeness (QED) is 0.434. The Morgan fingerprint density at radius 3 is 2.25 bits per heavy atom. The smallest absolute Gasteiger partial charge is 0.358 e. The van der Waals surface area contributed by atoms with Gasteiger partial charge in [0, 0.05) is 0 Å². The van der Waals surface area contributed by atoms with Crippen LogP contribution in [0.2, 0.25) is 0 Å². The summed E-state index contributed by atoms with van der Waals surface area (Å²) in [5, 5.41) is 37.6. The highest BCUT2D eigenvalue weighted by molar-refractivity contribution is 5.86. The molecule has 0 saturated carbocycles. The third-order valence-electron chi connectivity index (χ3n) is 1.03. The van der Waals surface area contributed by atoms with Crippen LogP contribution in [0.15, 0.2) is 0 Å². The number of hydrogen-bond acceptors (Lipinski definition) is 7. The normalized spacial score (nSPS) is 10.2. The molecule has 0 aliphatic heterocycles. The van der Waals surface area contributed by atoms with Crippen LogP contribution in [0.1, 0.15) is 22.5 Å². The maximum absolute atomic E-state index is 10.3. The van der Waals surface area contributed by atoms with Gasteiger partial charge >= 0.3 is 5.97 Å². The maximum Gasteiger partial charge on any atom is 0.358 e. The highest BCUT2D eigenvalue weighted by Gasteiger charge is 2.19. The lowest BCUT2D eigenvalue weighted by molar-refractivity contribution is -0.0480.